The number of aliphatic carboxylic acids is 1. The Hall–Kier alpha value is -2.05. The van der Waals surface area contributed by atoms with E-state index in [9.17, 15) is 9.59 Å². The van der Waals surface area contributed by atoms with E-state index in [1.807, 2.05) is 0 Å². The van der Waals surface area contributed by atoms with Crippen LogP contribution in [0, 0.1) is 0 Å². The Morgan fingerprint density at radius 2 is 2.33 bits per heavy atom. The first-order chi connectivity index (χ1) is 7.08. The van der Waals surface area contributed by atoms with Crippen molar-refractivity contribution in [1.29, 1.82) is 0 Å². The zero-order valence-corrected chi connectivity index (χ0v) is 8.23. The summed E-state index contributed by atoms with van der Waals surface area (Å²) in [6.45, 7) is 0.0913. The first-order valence-electron chi connectivity index (χ1n) is 4.34. The quantitative estimate of drug-likeness (QED) is 0.655. The molecule has 15 heavy (non-hydrogen) atoms. The Morgan fingerprint density at radius 3 is 2.87 bits per heavy atom. The molecule has 0 fully saturated rings. The Balaban J connectivity index is 2.27. The summed E-state index contributed by atoms with van der Waals surface area (Å²) < 4.78 is 1.55. The molecule has 0 aromatic carbocycles. The molecule has 0 bridgehead atoms. The van der Waals surface area contributed by atoms with Gasteiger partial charge in [-0.05, 0) is 0 Å². The molecule has 1 rings (SSSR count). The monoisotopic (exact) mass is 212 g/mol. The first-order valence-corrected chi connectivity index (χ1v) is 4.34. The Bertz CT molecular complexity index is 361. The SMILES string of the molecule is Cn1ccc(NC(=O)NCCC(=O)O)n1. The molecule has 7 heteroatoms. The Morgan fingerprint density at radius 1 is 1.60 bits per heavy atom. The molecule has 0 saturated heterocycles. The molecule has 7 nitrogen and oxygen atoms in total. The number of urea groups is 1. The van der Waals surface area contributed by atoms with Crippen LogP contribution in [0.25, 0.3) is 0 Å². The van der Waals surface area contributed by atoms with Crippen LogP contribution in [-0.4, -0.2) is 33.4 Å². The maximum absolute atomic E-state index is 11.1. The highest BCUT2D eigenvalue weighted by Crippen LogP contribution is 1.99. The molecule has 0 aliphatic rings. The number of hydrogen-bond donors (Lipinski definition) is 3. The van der Waals surface area contributed by atoms with Crippen molar-refractivity contribution in [3.8, 4) is 0 Å². The van der Waals surface area contributed by atoms with Gasteiger partial charge in [-0.2, -0.15) is 5.10 Å². The average Bonchev–Trinajstić information content (AvgIpc) is 2.50. The number of amides is 2. The van der Waals surface area contributed by atoms with Gasteiger partial charge in [-0.1, -0.05) is 0 Å². The Kier molecular flexibility index (Phi) is 3.67. The summed E-state index contributed by atoms with van der Waals surface area (Å²) in [6.07, 6.45) is 1.59. The third-order valence-corrected chi connectivity index (χ3v) is 1.58. The largest absolute Gasteiger partial charge is 0.481 e. The number of carboxylic acid groups (broad SMARTS) is 1. The number of aryl methyl sites for hydroxylation is 1. The van der Waals surface area contributed by atoms with Crippen LogP contribution in [0.15, 0.2) is 12.3 Å². The summed E-state index contributed by atoms with van der Waals surface area (Å²) >= 11 is 0. The fourth-order valence-corrected chi connectivity index (χ4v) is 0.925. The number of nitrogens with one attached hydrogen (secondary N) is 2. The van der Waals surface area contributed by atoms with Crippen molar-refractivity contribution in [3.05, 3.63) is 12.3 Å². The average molecular weight is 212 g/mol. The molecule has 0 spiro atoms. The van der Waals surface area contributed by atoms with Gasteiger partial charge in [0.15, 0.2) is 5.82 Å². The smallest absolute Gasteiger partial charge is 0.320 e. The van der Waals surface area contributed by atoms with E-state index in [4.69, 9.17) is 5.11 Å². The lowest BCUT2D eigenvalue weighted by atomic mass is 10.4. The van der Waals surface area contributed by atoms with E-state index in [-0.39, 0.29) is 13.0 Å². The Labute approximate surface area is 86.1 Å². The van der Waals surface area contributed by atoms with Crippen molar-refractivity contribution in [3.63, 3.8) is 0 Å². The van der Waals surface area contributed by atoms with Crippen LogP contribution in [0.2, 0.25) is 0 Å². The molecule has 0 saturated carbocycles. The van der Waals surface area contributed by atoms with E-state index in [0.717, 1.165) is 0 Å². The van der Waals surface area contributed by atoms with E-state index < -0.39 is 12.0 Å². The number of nitrogens with zero attached hydrogens (tertiary/aromatic N) is 2. The summed E-state index contributed by atoms with van der Waals surface area (Å²) in [7, 11) is 1.73. The van der Waals surface area contributed by atoms with Crippen molar-refractivity contribution in [1.82, 2.24) is 15.1 Å². The number of carbonyl (C=O) groups excluding carboxylic acids is 1. The molecule has 0 aliphatic carbocycles. The normalized spacial score (nSPS) is 9.67. The van der Waals surface area contributed by atoms with Crippen molar-refractivity contribution in [2.45, 2.75) is 6.42 Å². The van der Waals surface area contributed by atoms with Gasteiger partial charge in [0.2, 0.25) is 0 Å². The maximum atomic E-state index is 11.1. The second kappa shape index (κ2) is 4.99. The molecule has 1 heterocycles. The molecule has 82 valence electrons. The second-order valence-electron chi connectivity index (χ2n) is 2.90. The summed E-state index contributed by atoms with van der Waals surface area (Å²) in [5.74, 6) is -0.529. The number of anilines is 1. The van der Waals surface area contributed by atoms with E-state index >= 15 is 0 Å². The van der Waals surface area contributed by atoms with Gasteiger partial charge in [0.1, 0.15) is 0 Å². The number of carboxylic acids is 1. The lowest BCUT2D eigenvalue weighted by molar-refractivity contribution is -0.136. The lowest BCUT2D eigenvalue weighted by Crippen LogP contribution is -2.30. The zero-order valence-electron chi connectivity index (χ0n) is 8.23. The van der Waals surface area contributed by atoms with Gasteiger partial charge in [-0.3, -0.25) is 14.8 Å². The molecule has 0 unspecified atom stereocenters. The van der Waals surface area contributed by atoms with Gasteiger partial charge < -0.3 is 10.4 Å². The van der Waals surface area contributed by atoms with Crippen LogP contribution in [-0.2, 0) is 11.8 Å². The van der Waals surface area contributed by atoms with Gasteiger partial charge in [0, 0.05) is 25.9 Å². The minimum absolute atomic E-state index is 0.0913. The van der Waals surface area contributed by atoms with Gasteiger partial charge in [-0.25, -0.2) is 4.79 Å². The minimum atomic E-state index is -0.951. The highest BCUT2D eigenvalue weighted by Gasteiger charge is 2.03. The highest BCUT2D eigenvalue weighted by atomic mass is 16.4. The second-order valence-corrected chi connectivity index (χ2v) is 2.90. The van der Waals surface area contributed by atoms with Crippen LogP contribution in [0.1, 0.15) is 6.42 Å². The standard InChI is InChI=1S/C8H12N4O3/c1-12-5-3-6(11-12)10-8(15)9-4-2-7(13)14/h3,5H,2,4H2,1H3,(H,13,14)(H2,9,10,11,15). The third-order valence-electron chi connectivity index (χ3n) is 1.58. The summed E-state index contributed by atoms with van der Waals surface area (Å²) in [6, 6.07) is 1.17. The van der Waals surface area contributed by atoms with Crippen LogP contribution in [0.5, 0.6) is 0 Å². The van der Waals surface area contributed by atoms with Crippen molar-refractivity contribution in [2.75, 3.05) is 11.9 Å². The molecule has 0 aliphatic heterocycles. The van der Waals surface area contributed by atoms with Crippen LogP contribution in [0.4, 0.5) is 10.6 Å². The molecule has 2 amide bonds. The van der Waals surface area contributed by atoms with Gasteiger partial charge in [0.05, 0.1) is 6.42 Å². The molecule has 1 aromatic rings. The van der Waals surface area contributed by atoms with Gasteiger partial charge in [-0.15, -0.1) is 0 Å². The van der Waals surface area contributed by atoms with Crippen LogP contribution < -0.4 is 10.6 Å². The molecular formula is C8H12N4O3. The number of rotatable bonds is 4. The molecule has 3 N–H and O–H groups in total. The molecule has 0 radical (unpaired) electrons. The molecular weight excluding hydrogens is 200 g/mol. The topological polar surface area (TPSA) is 96.2 Å². The fourth-order valence-electron chi connectivity index (χ4n) is 0.925. The van der Waals surface area contributed by atoms with Crippen molar-refractivity contribution < 1.29 is 14.7 Å². The summed E-state index contributed by atoms with van der Waals surface area (Å²) in [4.78, 5) is 21.3. The van der Waals surface area contributed by atoms with Crippen LogP contribution >= 0.6 is 0 Å². The number of hydrogen-bond acceptors (Lipinski definition) is 3. The van der Waals surface area contributed by atoms with Gasteiger partial charge in [0.25, 0.3) is 0 Å². The predicted octanol–water partition coefficient (Wildman–Crippen LogP) is 0.0163. The summed E-state index contributed by atoms with van der Waals surface area (Å²) in [5, 5.41) is 17.1. The van der Waals surface area contributed by atoms with E-state index in [1.54, 1.807) is 24.0 Å². The molecule has 1 aromatic heterocycles. The zero-order chi connectivity index (χ0) is 11.3. The van der Waals surface area contributed by atoms with Gasteiger partial charge >= 0.3 is 12.0 Å². The van der Waals surface area contributed by atoms with Crippen LogP contribution in [0.3, 0.4) is 0 Å². The van der Waals surface area contributed by atoms with E-state index in [0.29, 0.717) is 5.82 Å². The maximum Gasteiger partial charge on any atom is 0.320 e. The first kappa shape index (κ1) is 11.0. The third kappa shape index (κ3) is 4.12. The highest BCUT2D eigenvalue weighted by molar-refractivity contribution is 5.88. The van der Waals surface area contributed by atoms with Crippen molar-refractivity contribution >= 4 is 17.8 Å². The van der Waals surface area contributed by atoms with Crippen molar-refractivity contribution in [2.24, 2.45) is 7.05 Å². The number of aromatic nitrogens is 2. The minimum Gasteiger partial charge on any atom is -0.481 e. The fraction of sp³-hybridized carbons (Fsp3) is 0.375. The molecule has 0 atom stereocenters. The van der Waals surface area contributed by atoms with E-state index in [1.165, 1.54) is 0 Å². The van der Waals surface area contributed by atoms with E-state index in [2.05, 4.69) is 15.7 Å². The number of carbonyl (C=O) groups is 2. The lowest BCUT2D eigenvalue weighted by Gasteiger charge is -2.03. The predicted molar refractivity (Wildman–Crippen MR) is 52.5 cm³/mol. The summed E-state index contributed by atoms with van der Waals surface area (Å²) in [5.41, 5.74) is 0.